The maximum atomic E-state index is 11.2. The highest BCUT2D eigenvalue weighted by molar-refractivity contribution is 8.72. The summed E-state index contributed by atoms with van der Waals surface area (Å²) < 4.78 is 22.5. The van der Waals surface area contributed by atoms with Gasteiger partial charge in [-0.25, -0.2) is 8.42 Å². The molecule has 2 nitrogen and oxygen atoms in total. The van der Waals surface area contributed by atoms with Crippen molar-refractivity contribution in [2.45, 2.75) is 50.2 Å². The molecule has 1 aliphatic carbocycles. The average Bonchev–Trinajstić information content (AvgIpc) is 2.03. The zero-order chi connectivity index (χ0) is 9.95. The third-order valence-electron chi connectivity index (χ3n) is 2.74. The molecule has 0 N–H and O–H groups in total. The highest BCUT2D eigenvalue weighted by Gasteiger charge is 2.34. The fraction of sp³-hybridized carbons (Fsp3) is 1.00. The van der Waals surface area contributed by atoms with Crippen molar-refractivity contribution >= 4 is 19.7 Å². The first-order valence-electron chi connectivity index (χ1n) is 4.88. The van der Waals surface area contributed by atoms with Gasteiger partial charge in [0, 0.05) is 11.0 Å². The minimum absolute atomic E-state index is 0.0336. The zero-order valence-electron chi connectivity index (χ0n) is 8.38. The Balaban J connectivity index is 2.68. The lowest BCUT2D eigenvalue weighted by Gasteiger charge is -2.34. The van der Waals surface area contributed by atoms with E-state index in [1.165, 1.54) is 36.3 Å². The van der Waals surface area contributed by atoms with Crippen LogP contribution in [0.5, 0.6) is 0 Å². The molecule has 0 aliphatic heterocycles. The Labute approximate surface area is 84.8 Å². The van der Waals surface area contributed by atoms with Gasteiger partial charge in [0.25, 0.3) is 0 Å². The van der Waals surface area contributed by atoms with Crippen LogP contribution < -0.4 is 0 Å². The van der Waals surface area contributed by atoms with E-state index in [2.05, 4.69) is 6.92 Å². The SMILES string of the molecule is CCC1(SS(C)(=O)=O)CCCCC1. The summed E-state index contributed by atoms with van der Waals surface area (Å²) in [5.74, 6) is 0. The smallest absolute Gasteiger partial charge is 0.199 e. The van der Waals surface area contributed by atoms with E-state index in [4.69, 9.17) is 0 Å². The second-order valence-corrected chi connectivity index (χ2v) is 8.64. The highest BCUT2D eigenvalue weighted by Crippen LogP contribution is 2.44. The van der Waals surface area contributed by atoms with Crippen molar-refractivity contribution in [1.82, 2.24) is 0 Å². The molecular weight excluding hydrogens is 204 g/mol. The molecule has 0 amide bonds. The quantitative estimate of drug-likeness (QED) is 0.689. The summed E-state index contributed by atoms with van der Waals surface area (Å²) in [4.78, 5) is 0. The van der Waals surface area contributed by atoms with Crippen molar-refractivity contribution in [3.8, 4) is 0 Å². The van der Waals surface area contributed by atoms with E-state index < -0.39 is 8.87 Å². The molecule has 0 aromatic rings. The van der Waals surface area contributed by atoms with Gasteiger partial charge < -0.3 is 0 Å². The van der Waals surface area contributed by atoms with E-state index in [9.17, 15) is 8.42 Å². The number of hydrogen-bond acceptors (Lipinski definition) is 3. The predicted molar refractivity (Wildman–Crippen MR) is 58.5 cm³/mol. The van der Waals surface area contributed by atoms with Crippen molar-refractivity contribution < 1.29 is 8.42 Å². The van der Waals surface area contributed by atoms with E-state index in [0.29, 0.717) is 0 Å². The Kier molecular flexibility index (Phi) is 3.69. The molecule has 0 aromatic carbocycles. The van der Waals surface area contributed by atoms with Crippen molar-refractivity contribution in [1.29, 1.82) is 0 Å². The summed E-state index contributed by atoms with van der Waals surface area (Å²) in [5.41, 5.74) is 0. The van der Waals surface area contributed by atoms with Crippen molar-refractivity contribution in [2.75, 3.05) is 6.26 Å². The van der Waals surface area contributed by atoms with E-state index in [1.807, 2.05) is 0 Å². The lowest BCUT2D eigenvalue weighted by molar-refractivity contribution is 0.390. The zero-order valence-corrected chi connectivity index (χ0v) is 10.0. The van der Waals surface area contributed by atoms with E-state index >= 15 is 0 Å². The van der Waals surface area contributed by atoms with E-state index in [-0.39, 0.29) is 4.75 Å². The van der Waals surface area contributed by atoms with Crippen molar-refractivity contribution in [3.05, 3.63) is 0 Å². The van der Waals surface area contributed by atoms with Gasteiger partial charge in [-0.1, -0.05) is 26.2 Å². The summed E-state index contributed by atoms with van der Waals surface area (Å²) >= 11 is 0. The minimum atomic E-state index is -2.88. The Morgan fingerprint density at radius 2 is 1.77 bits per heavy atom. The van der Waals surface area contributed by atoms with Gasteiger partial charge in [-0.2, -0.15) is 0 Å². The number of rotatable bonds is 3. The van der Waals surface area contributed by atoms with Crippen LogP contribution in [0.25, 0.3) is 0 Å². The fourth-order valence-electron chi connectivity index (χ4n) is 2.01. The maximum Gasteiger partial charge on any atom is 0.199 e. The minimum Gasteiger partial charge on any atom is -0.218 e. The molecular formula is C9H18O2S2. The van der Waals surface area contributed by atoms with Gasteiger partial charge in [0.05, 0.1) is 0 Å². The molecule has 0 radical (unpaired) electrons. The Morgan fingerprint density at radius 1 is 1.23 bits per heavy atom. The molecule has 0 atom stereocenters. The van der Waals surface area contributed by atoms with E-state index in [0.717, 1.165) is 19.3 Å². The summed E-state index contributed by atoms with van der Waals surface area (Å²) in [6.45, 7) is 2.10. The molecule has 1 fully saturated rings. The predicted octanol–water partition coefficient (Wildman–Crippen LogP) is 2.79. The monoisotopic (exact) mass is 222 g/mol. The van der Waals surface area contributed by atoms with E-state index in [1.54, 1.807) is 0 Å². The number of hydrogen-bond donors (Lipinski definition) is 0. The molecule has 13 heavy (non-hydrogen) atoms. The first-order valence-corrected chi connectivity index (χ1v) is 8.10. The Morgan fingerprint density at radius 3 is 2.15 bits per heavy atom. The molecule has 0 bridgehead atoms. The molecule has 4 heteroatoms. The standard InChI is InChI=1S/C9H18O2S2/c1-3-9(12-13(2,10)11)7-5-4-6-8-9/h3-8H2,1-2H3. The third kappa shape index (κ3) is 3.50. The molecule has 78 valence electrons. The van der Waals surface area contributed by atoms with Gasteiger partial charge in [0.15, 0.2) is 8.87 Å². The van der Waals surface area contributed by atoms with Crippen LogP contribution in [-0.4, -0.2) is 19.4 Å². The summed E-state index contributed by atoms with van der Waals surface area (Å²) in [6, 6.07) is 0. The summed E-state index contributed by atoms with van der Waals surface area (Å²) in [7, 11) is -1.68. The fourth-order valence-corrected chi connectivity index (χ4v) is 6.01. The van der Waals surface area contributed by atoms with Crippen LogP contribution in [0.2, 0.25) is 0 Å². The molecule has 1 saturated carbocycles. The van der Waals surface area contributed by atoms with Gasteiger partial charge in [0.2, 0.25) is 0 Å². The third-order valence-corrected chi connectivity index (χ3v) is 6.06. The molecule has 1 aliphatic rings. The van der Waals surface area contributed by atoms with Gasteiger partial charge >= 0.3 is 0 Å². The maximum absolute atomic E-state index is 11.2. The normalized spacial score (nSPS) is 22.9. The average molecular weight is 222 g/mol. The topological polar surface area (TPSA) is 34.1 Å². The Hall–Kier alpha value is 0.300. The Bertz CT molecular complexity index is 251. The second-order valence-electron chi connectivity index (χ2n) is 3.88. The molecule has 0 aromatic heterocycles. The molecule has 0 saturated heterocycles. The van der Waals surface area contributed by atoms with Crippen LogP contribution in [0, 0.1) is 0 Å². The first kappa shape index (κ1) is 11.4. The van der Waals surface area contributed by atoms with Crippen LogP contribution in [0.15, 0.2) is 0 Å². The molecule has 1 rings (SSSR count). The van der Waals surface area contributed by atoms with Crippen LogP contribution in [-0.2, 0) is 8.87 Å². The van der Waals surface area contributed by atoms with Crippen molar-refractivity contribution in [2.24, 2.45) is 0 Å². The van der Waals surface area contributed by atoms with Crippen LogP contribution >= 0.6 is 10.8 Å². The lowest BCUT2D eigenvalue weighted by Crippen LogP contribution is -2.28. The van der Waals surface area contributed by atoms with Crippen LogP contribution in [0.1, 0.15) is 45.4 Å². The highest BCUT2D eigenvalue weighted by atomic mass is 33.1. The van der Waals surface area contributed by atoms with Gasteiger partial charge in [0.1, 0.15) is 0 Å². The lowest BCUT2D eigenvalue weighted by atomic mass is 9.86. The summed E-state index contributed by atoms with van der Waals surface area (Å²) in [6.07, 6.45) is 8.09. The second kappa shape index (κ2) is 4.22. The van der Waals surface area contributed by atoms with Gasteiger partial charge in [-0.3, -0.25) is 0 Å². The molecule has 0 unspecified atom stereocenters. The van der Waals surface area contributed by atoms with Crippen molar-refractivity contribution in [3.63, 3.8) is 0 Å². The van der Waals surface area contributed by atoms with Crippen LogP contribution in [0.4, 0.5) is 0 Å². The molecule has 0 heterocycles. The first-order chi connectivity index (χ1) is 5.97. The summed E-state index contributed by atoms with van der Waals surface area (Å²) in [5, 5.41) is 0. The van der Waals surface area contributed by atoms with Crippen LogP contribution in [0.3, 0.4) is 0 Å². The molecule has 0 spiro atoms. The van der Waals surface area contributed by atoms with Gasteiger partial charge in [-0.05, 0) is 30.1 Å². The largest absolute Gasteiger partial charge is 0.218 e. The van der Waals surface area contributed by atoms with Gasteiger partial charge in [-0.15, -0.1) is 0 Å².